The molecule has 2 aromatic heterocycles. The van der Waals surface area contributed by atoms with Crippen LogP contribution < -0.4 is 5.32 Å². The van der Waals surface area contributed by atoms with Crippen LogP contribution in [0, 0.1) is 0 Å². The Balaban J connectivity index is 1.55. The Kier molecular flexibility index (Phi) is 3.67. The van der Waals surface area contributed by atoms with Gasteiger partial charge in [-0.05, 0) is 47.7 Å². The van der Waals surface area contributed by atoms with Crippen LogP contribution in [0.2, 0.25) is 0 Å². The summed E-state index contributed by atoms with van der Waals surface area (Å²) in [6.07, 6.45) is 3.80. The minimum atomic E-state index is -0.0208. The number of fused-ring (bicyclic) bond motifs is 3. The van der Waals surface area contributed by atoms with Crippen LogP contribution in [-0.2, 0) is 19.4 Å². The van der Waals surface area contributed by atoms with Crippen molar-refractivity contribution >= 4 is 17.2 Å². The van der Waals surface area contributed by atoms with Crippen molar-refractivity contribution < 1.29 is 4.79 Å². The largest absolute Gasteiger partial charge is 0.346 e. The lowest BCUT2D eigenvalue weighted by Crippen LogP contribution is -2.22. The molecule has 0 radical (unpaired) electrons. The van der Waals surface area contributed by atoms with Gasteiger partial charge in [0.05, 0.1) is 17.1 Å². The monoisotopic (exact) mass is 320 g/mol. The van der Waals surface area contributed by atoms with Gasteiger partial charge in [0.1, 0.15) is 0 Å². The average Bonchev–Trinajstić information content (AvgIpc) is 3.05. The van der Waals surface area contributed by atoms with E-state index in [4.69, 9.17) is 0 Å². The highest BCUT2D eigenvalue weighted by Crippen LogP contribution is 2.39. The summed E-state index contributed by atoms with van der Waals surface area (Å²) >= 11 is 1.59. The fourth-order valence-corrected chi connectivity index (χ4v) is 4.13. The SMILES string of the molecule is O=C(NCc1ccccn1)c1cc2c(s1)-c1ccccc1CC2. The molecule has 0 fully saturated rings. The fourth-order valence-electron chi connectivity index (χ4n) is 2.94. The van der Waals surface area contributed by atoms with E-state index in [0.717, 1.165) is 23.4 Å². The molecule has 0 saturated carbocycles. The highest BCUT2D eigenvalue weighted by atomic mass is 32.1. The lowest BCUT2D eigenvalue weighted by Gasteiger charge is -2.15. The van der Waals surface area contributed by atoms with E-state index < -0.39 is 0 Å². The maximum atomic E-state index is 12.4. The standard InChI is InChI=1S/C19H16N2OS/c22-19(21-12-15-6-3-4-10-20-15)17-11-14-9-8-13-5-1-2-7-16(13)18(14)23-17/h1-7,10-11H,8-9,12H2,(H,21,22). The quantitative estimate of drug-likeness (QED) is 0.797. The third-order valence-electron chi connectivity index (χ3n) is 4.11. The first kappa shape index (κ1) is 14.2. The van der Waals surface area contributed by atoms with Gasteiger partial charge in [-0.25, -0.2) is 0 Å². The normalized spacial score (nSPS) is 12.3. The smallest absolute Gasteiger partial charge is 0.261 e. The van der Waals surface area contributed by atoms with Crippen LogP contribution >= 0.6 is 11.3 Å². The van der Waals surface area contributed by atoms with Crippen molar-refractivity contribution in [2.75, 3.05) is 0 Å². The number of nitrogens with zero attached hydrogens (tertiary/aromatic N) is 1. The molecule has 0 unspecified atom stereocenters. The number of aromatic nitrogens is 1. The highest BCUT2D eigenvalue weighted by molar-refractivity contribution is 7.17. The van der Waals surface area contributed by atoms with Gasteiger partial charge in [-0.15, -0.1) is 11.3 Å². The number of benzene rings is 1. The average molecular weight is 320 g/mol. The number of carbonyl (C=O) groups is 1. The molecular formula is C19H16N2OS. The summed E-state index contributed by atoms with van der Waals surface area (Å²) < 4.78 is 0. The predicted molar refractivity (Wildman–Crippen MR) is 92.6 cm³/mol. The molecule has 1 aliphatic rings. The minimum Gasteiger partial charge on any atom is -0.346 e. The minimum absolute atomic E-state index is 0.0208. The Morgan fingerprint density at radius 2 is 1.91 bits per heavy atom. The first-order valence-corrected chi connectivity index (χ1v) is 8.52. The molecule has 0 atom stereocenters. The first-order chi connectivity index (χ1) is 11.3. The summed E-state index contributed by atoms with van der Waals surface area (Å²) in [5, 5.41) is 2.96. The molecule has 0 saturated heterocycles. The molecule has 4 rings (SSSR count). The van der Waals surface area contributed by atoms with Crippen LogP contribution in [0.3, 0.4) is 0 Å². The lowest BCUT2D eigenvalue weighted by molar-refractivity contribution is 0.0954. The van der Waals surface area contributed by atoms with Gasteiger partial charge in [0.25, 0.3) is 5.91 Å². The van der Waals surface area contributed by atoms with Gasteiger partial charge in [0.15, 0.2) is 0 Å². The van der Waals surface area contributed by atoms with Gasteiger partial charge in [0.2, 0.25) is 0 Å². The zero-order valence-corrected chi connectivity index (χ0v) is 13.4. The number of hydrogen-bond donors (Lipinski definition) is 1. The number of aryl methyl sites for hydroxylation is 2. The van der Waals surface area contributed by atoms with Gasteiger partial charge in [-0.3, -0.25) is 9.78 Å². The number of hydrogen-bond acceptors (Lipinski definition) is 3. The lowest BCUT2D eigenvalue weighted by atomic mass is 9.91. The van der Waals surface area contributed by atoms with Gasteiger partial charge in [-0.2, -0.15) is 0 Å². The molecule has 0 spiro atoms. The Bertz CT molecular complexity index is 855. The van der Waals surface area contributed by atoms with Gasteiger partial charge >= 0.3 is 0 Å². The molecule has 0 bridgehead atoms. The third-order valence-corrected chi connectivity index (χ3v) is 5.32. The molecule has 1 aromatic carbocycles. The van der Waals surface area contributed by atoms with Gasteiger partial charge in [0, 0.05) is 11.1 Å². The molecule has 2 heterocycles. The van der Waals surface area contributed by atoms with E-state index in [2.05, 4.69) is 34.6 Å². The molecule has 1 aliphatic carbocycles. The van der Waals surface area contributed by atoms with Crippen LogP contribution in [-0.4, -0.2) is 10.9 Å². The molecule has 0 aliphatic heterocycles. The third kappa shape index (κ3) is 2.78. The zero-order chi connectivity index (χ0) is 15.6. The summed E-state index contributed by atoms with van der Waals surface area (Å²) in [5.74, 6) is -0.0208. The number of rotatable bonds is 3. The summed E-state index contributed by atoms with van der Waals surface area (Å²) in [6.45, 7) is 0.457. The number of carbonyl (C=O) groups excluding carboxylic acids is 1. The van der Waals surface area contributed by atoms with E-state index in [-0.39, 0.29) is 5.91 Å². The van der Waals surface area contributed by atoms with E-state index in [1.807, 2.05) is 24.3 Å². The number of thiophene rings is 1. The van der Waals surface area contributed by atoms with Crippen LogP contribution in [0.5, 0.6) is 0 Å². The molecule has 4 heteroatoms. The summed E-state index contributed by atoms with van der Waals surface area (Å²) in [5.41, 5.74) is 4.81. The molecule has 1 amide bonds. The highest BCUT2D eigenvalue weighted by Gasteiger charge is 2.21. The van der Waals surface area contributed by atoms with Crippen molar-refractivity contribution in [1.82, 2.24) is 10.3 Å². The molecule has 114 valence electrons. The molecule has 23 heavy (non-hydrogen) atoms. The summed E-state index contributed by atoms with van der Waals surface area (Å²) in [7, 11) is 0. The maximum Gasteiger partial charge on any atom is 0.261 e. The second kappa shape index (κ2) is 5.97. The number of nitrogens with one attached hydrogen (secondary N) is 1. The first-order valence-electron chi connectivity index (χ1n) is 7.70. The van der Waals surface area contributed by atoms with Crippen molar-refractivity contribution in [2.45, 2.75) is 19.4 Å². The van der Waals surface area contributed by atoms with E-state index >= 15 is 0 Å². The van der Waals surface area contributed by atoms with E-state index in [1.54, 1.807) is 17.5 Å². The van der Waals surface area contributed by atoms with E-state index in [9.17, 15) is 4.79 Å². The van der Waals surface area contributed by atoms with Crippen molar-refractivity contribution in [1.29, 1.82) is 0 Å². The van der Waals surface area contributed by atoms with Crippen molar-refractivity contribution in [3.05, 3.63) is 76.4 Å². The topological polar surface area (TPSA) is 42.0 Å². The summed E-state index contributed by atoms with van der Waals surface area (Å²) in [6, 6.07) is 16.2. The van der Waals surface area contributed by atoms with Crippen LogP contribution in [0.15, 0.2) is 54.7 Å². The van der Waals surface area contributed by atoms with Crippen LogP contribution in [0.4, 0.5) is 0 Å². The van der Waals surface area contributed by atoms with Crippen molar-refractivity contribution in [3.63, 3.8) is 0 Å². The molecular weight excluding hydrogens is 304 g/mol. The second-order valence-electron chi connectivity index (χ2n) is 5.63. The van der Waals surface area contributed by atoms with Crippen molar-refractivity contribution in [2.24, 2.45) is 0 Å². The Labute approximate surface area is 139 Å². The molecule has 1 N–H and O–H groups in total. The van der Waals surface area contributed by atoms with Gasteiger partial charge < -0.3 is 5.32 Å². The van der Waals surface area contributed by atoms with E-state index in [1.165, 1.54) is 21.6 Å². The van der Waals surface area contributed by atoms with Crippen LogP contribution in [0.25, 0.3) is 10.4 Å². The second-order valence-corrected chi connectivity index (χ2v) is 6.68. The molecule has 3 nitrogen and oxygen atoms in total. The van der Waals surface area contributed by atoms with Gasteiger partial charge in [-0.1, -0.05) is 30.3 Å². The maximum absolute atomic E-state index is 12.4. The predicted octanol–water partition coefficient (Wildman–Crippen LogP) is 3.84. The fraction of sp³-hybridized carbons (Fsp3) is 0.158. The van der Waals surface area contributed by atoms with Crippen molar-refractivity contribution in [3.8, 4) is 10.4 Å². The Morgan fingerprint density at radius 3 is 2.78 bits per heavy atom. The van der Waals surface area contributed by atoms with Crippen LogP contribution in [0.1, 0.15) is 26.5 Å². The number of amides is 1. The van der Waals surface area contributed by atoms with E-state index in [0.29, 0.717) is 6.54 Å². The summed E-state index contributed by atoms with van der Waals surface area (Å²) in [4.78, 5) is 18.7. The zero-order valence-electron chi connectivity index (χ0n) is 12.6. The number of pyridine rings is 1. The Hall–Kier alpha value is -2.46. The Morgan fingerprint density at radius 1 is 1.09 bits per heavy atom. The molecule has 3 aromatic rings.